The van der Waals surface area contributed by atoms with Gasteiger partial charge >= 0.3 is 6.18 Å². The second-order valence-corrected chi connectivity index (χ2v) is 7.09. The average Bonchev–Trinajstić information content (AvgIpc) is 3.07. The highest BCUT2D eigenvalue weighted by molar-refractivity contribution is 8.00. The summed E-state index contributed by atoms with van der Waals surface area (Å²) in [6.45, 7) is 0.116. The molecule has 2 amide bonds. The van der Waals surface area contributed by atoms with E-state index in [-0.39, 0.29) is 35.0 Å². The van der Waals surface area contributed by atoms with Gasteiger partial charge in [0.15, 0.2) is 5.78 Å². The molecule has 1 N–H and O–H groups in total. The lowest BCUT2D eigenvalue weighted by Crippen LogP contribution is -2.48. The normalized spacial score (nSPS) is 17.1. The maximum absolute atomic E-state index is 14.0. The topological polar surface area (TPSA) is 66.5 Å². The van der Waals surface area contributed by atoms with E-state index in [4.69, 9.17) is 0 Å². The van der Waals surface area contributed by atoms with E-state index in [1.165, 1.54) is 24.0 Å². The summed E-state index contributed by atoms with van der Waals surface area (Å²) in [5.41, 5.74) is 0.212. The van der Waals surface area contributed by atoms with Gasteiger partial charge < -0.3 is 10.2 Å². The summed E-state index contributed by atoms with van der Waals surface area (Å²) >= 11 is 0.905. The molecule has 148 valence electrons. The molecule has 1 fully saturated rings. The molecule has 2 rings (SSSR count). The summed E-state index contributed by atoms with van der Waals surface area (Å²) in [5, 5.41) is 1.79. The molecule has 1 atom stereocenters. The summed E-state index contributed by atoms with van der Waals surface area (Å²) in [5.74, 6) is -2.40. The van der Waals surface area contributed by atoms with Crippen molar-refractivity contribution in [1.82, 2.24) is 10.2 Å². The van der Waals surface area contributed by atoms with E-state index in [0.717, 1.165) is 17.8 Å². The number of benzene rings is 1. The van der Waals surface area contributed by atoms with Crippen LogP contribution in [0.1, 0.15) is 30.1 Å². The first kappa shape index (κ1) is 21.2. The van der Waals surface area contributed by atoms with Gasteiger partial charge in [0.2, 0.25) is 11.8 Å². The molecule has 1 aliphatic rings. The van der Waals surface area contributed by atoms with Crippen molar-refractivity contribution in [3.05, 3.63) is 29.6 Å². The van der Waals surface area contributed by atoms with Crippen molar-refractivity contribution >= 4 is 29.4 Å². The van der Waals surface area contributed by atoms with Crippen LogP contribution in [0.25, 0.3) is 0 Å². The Labute approximate surface area is 157 Å². The molecule has 1 unspecified atom stereocenters. The minimum atomic E-state index is -4.53. The third kappa shape index (κ3) is 5.95. The van der Waals surface area contributed by atoms with E-state index in [1.807, 2.05) is 0 Å². The Bertz CT molecular complexity index is 739. The van der Waals surface area contributed by atoms with Gasteiger partial charge in [-0.15, -0.1) is 11.8 Å². The fourth-order valence-electron chi connectivity index (χ4n) is 2.70. The maximum atomic E-state index is 14.0. The van der Waals surface area contributed by atoms with Gasteiger partial charge in [-0.3, -0.25) is 14.4 Å². The van der Waals surface area contributed by atoms with Gasteiger partial charge in [-0.25, -0.2) is 4.39 Å². The minimum absolute atomic E-state index is 0.167. The fraction of sp³-hybridized carbons (Fsp3) is 0.471. The SMILES string of the molecule is CC(=O)c1ccc(SCC(=O)N2CCCC2C(=O)NCC(F)(F)F)c(F)c1. The number of rotatable bonds is 6. The van der Waals surface area contributed by atoms with Crippen molar-refractivity contribution in [3.8, 4) is 0 Å². The van der Waals surface area contributed by atoms with Crippen LogP contribution in [0.4, 0.5) is 17.6 Å². The number of Topliss-reactive ketones (excluding diaryl/α,β-unsaturated/α-hetero) is 1. The Balaban J connectivity index is 1.94. The minimum Gasteiger partial charge on any atom is -0.345 e. The standard InChI is InChI=1S/C17H18F4N2O3S/c1-10(24)11-4-5-14(12(18)7-11)27-8-15(25)23-6-2-3-13(23)16(26)22-9-17(19,20)21/h4-5,7,13H,2-3,6,8-9H2,1H3,(H,22,26). The molecule has 1 heterocycles. The highest BCUT2D eigenvalue weighted by Gasteiger charge is 2.36. The molecule has 0 aliphatic carbocycles. The third-order valence-electron chi connectivity index (χ3n) is 4.03. The summed E-state index contributed by atoms with van der Waals surface area (Å²) in [4.78, 5) is 36.9. The fourth-order valence-corrected chi connectivity index (χ4v) is 3.51. The molecule has 5 nitrogen and oxygen atoms in total. The lowest BCUT2D eigenvalue weighted by Gasteiger charge is -2.24. The van der Waals surface area contributed by atoms with Gasteiger partial charge in [0.1, 0.15) is 18.4 Å². The van der Waals surface area contributed by atoms with Crippen LogP contribution < -0.4 is 5.32 Å². The summed E-state index contributed by atoms with van der Waals surface area (Å²) in [7, 11) is 0. The first-order valence-corrected chi connectivity index (χ1v) is 9.14. The number of carbonyl (C=O) groups is 3. The zero-order valence-electron chi connectivity index (χ0n) is 14.4. The molecule has 1 aliphatic heterocycles. The number of carbonyl (C=O) groups excluding carboxylic acids is 3. The molecule has 1 aromatic carbocycles. The van der Waals surface area contributed by atoms with Crippen LogP contribution in [0.15, 0.2) is 23.1 Å². The van der Waals surface area contributed by atoms with Gasteiger partial charge in [0, 0.05) is 17.0 Å². The van der Waals surface area contributed by atoms with E-state index < -0.39 is 36.4 Å². The molecule has 0 bridgehead atoms. The molecular weight excluding hydrogens is 388 g/mol. The second-order valence-electron chi connectivity index (χ2n) is 6.07. The Hall–Kier alpha value is -2.10. The van der Waals surface area contributed by atoms with E-state index in [1.54, 1.807) is 5.32 Å². The van der Waals surface area contributed by atoms with Gasteiger partial charge in [0.25, 0.3) is 0 Å². The Kier molecular flexibility index (Phi) is 6.85. The third-order valence-corrected chi connectivity index (χ3v) is 5.06. The van der Waals surface area contributed by atoms with Crippen LogP contribution in [0, 0.1) is 5.82 Å². The summed E-state index contributed by atoms with van der Waals surface area (Å²) in [6.07, 6.45) is -3.74. The van der Waals surface area contributed by atoms with E-state index in [9.17, 15) is 31.9 Å². The van der Waals surface area contributed by atoms with Gasteiger partial charge in [-0.05, 0) is 31.9 Å². The van der Waals surface area contributed by atoms with E-state index in [2.05, 4.69) is 0 Å². The Morgan fingerprint density at radius 2 is 2.00 bits per heavy atom. The number of nitrogens with one attached hydrogen (secondary N) is 1. The predicted octanol–water partition coefficient (Wildman–Crippen LogP) is 2.79. The first-order chi connectivity index (χ1) is 12.6. The molecule has 1 aromatic rings. The Morgan fingerprint density at radius 3 is 2.59 bits per heavy atom. The number of likely N-dealkylation sites (tertiary alicyclic amines) is 1. The molecular formula is C17H18F4N2O3S. The number of alkyl halides is 3. The van der Waals surface area contributed by atoms with Crippen LogP contribution >= 0.6 is 11.8 Å². The number of ketones is 1. The van der Waals surface area contributed by atoms with Gasteiger partial charge in [0.05, 0.1) is 5.75 Å². The number of thioether (sulfide) groups is 1. The highest BCUT2D eigenvalue weighted by Crippen LogP contribution is 2.25. The van der Waals surface area contributed by atoms with Crippen molar-refractivity contribution < 1.29 is 31.9 Å². The average molecular weight is 406 g/mol. The van der Waals surface area contributed by atoms with Crippen LogP contribution in [-0.2, 0) is 9.59 Å². The van der Waals surface area contributed by atoms with Gasteiger partial charge in [-0.1, -0.05) is 6.07 Å². The molecule has 0 radical (unpaired) electrons. The van der Waals surface area contributed by atoms with Crippen LogP contribution in [0.3, 0.4) is 0 Å². The van der Waals surface area contributed by atoms with Gasteiger partial charge in [-0.2, -0.15) is 13.2 Å². The van der Waals surface area contributed by atoms with Crippen molar-refractivity contribution in [1.29, 1.82) is 0 Å². The summed E-state index contributed by atoms with van der Waals surface area (Å²) in [6, 6.07) is 2.96. The van der Waals surface area contributed by atoms with Crippen LogP contribution in [-0.4, -0.2) is 53.6 Å². The first-order valence-electron chi connectivity index (χ1n) is 8.15. The van der Waals surface area contributed by atoms with Crippen molar-refractivity contribution in [3.63, 3.8) is 0 Å². The zero-order valence-corrected chi connectivity index (χ0v) is 15.3. The highest BCUT2D eigenvalue weighted by atomic mass is 32.2. The monoisotopic (exact) mass is 406 g/mol. The Morgan fingerprint density at radius 1 is 1.30 bits per heavy atom. The number of nitrogens with zero attached hydrogens (tertiary/aromatic N) is 1. The number of halogens is 4. The molecule has 0 saturated carbocycles. The number of amides is 2. The molecule has 0 spiro atoms. The molecule has 10 heteroatoms. The smallest absolute Gasteiger partial charge is 0.345 e. The molecule has 1 saturated heterocycles. The lowest BCUT2D eigenvalue weighted by molar-refractivity contribution is -0.144. The molecule has 0 aromatic heterocycles. The van der Waals surface area contributed by atoms with Crippen molar-refractivity contribution in [2.75, 3.05) is 18.8 Å². The van der Waals surface area contributed by atoms with E-state index in [0.29, 0.717) is 6.42 Å². The van der Waals surface area contributed by atoms with Crippen LogP contribution in [0.2, 0.25) is 0 Å². The lowest BCUT2D eigenvalue weighted by atomic mass is 10.1. The van der Waals surface area contributed by atoms with E-state index >= 15 is 0 Å². The number of hydrogen-bond acceptors (Lipinski definition) is 4. The van der Waals surface area contributed by atoms with Crippen molar-refractivity contribution in [2.24, 2.45) is 0 Å². The second kappa shape index (κ2) is 8.73. The predicted molar refractivity (Wildman–Crippen MR) is 90.9 cm³/mol. The largest absolute Gasteiger partial charge is 0.405 e. The van der Waals surface area contributed by atoms with Crippen LogP contribution in [0.5, 0.6) is 0 Å². The maximum Gasteiger partial charge on any atom is 0.405 e. The summed E-state index contributed by atoms with van der Waals surface area (Å²) < 4.78 is 50.7. The van der Waals surface area contributed by atoms with Crippen molar-refractivity contribution in [2.45, 2.75) is 36.9 Å². The zero-order chi connectivity index (χ0) is 20.2. The quantitative estimate of drug-likeness (QED) is 0.448. The number of hydrogen-bond donors (Lipinski definition) is 1. The molecule has 27 heavy (non-hydrogen) atoms.